The second-order valence-corrected chi connectivity index (χ2v) is 5.12. The molecule has 0 spiro atoms. The lowest BCUT2D eigenvalue weighted by molar-refractivity contribution is 0.434. The molecule has 1 aliphatic carbocycles. The van der Waals surface area contributed by atoms with Crippen molar-refractivity contribution in [2.24, 2.45) is 0 Å². The first-order chi connectivity index (χ1) is 7.68. The van der Waals surface area contributed by atoms with E-state index in [9.17, 15) is 0 Å². The van der Waals surface area contributed by atoms with E-state index in [1.54, 1.807) is 0 Å². The summed E-state index contributed by atoms with van der Waals surface area (Å²) in [7, 11) is 0. The van der Waals surface area contributed by atoms with E-state index in [-0.39, 0.29) is 5.54 Å². The van der Waals surface area contributed by atoms with Crippen LogP contribution in [0.4, 0.5) is 5.69 Å². The lowest BCUT2D eigenvalue weighted by Crippen LogP contribution is -2.45. The molecule has 86 valence electrons. The highest BCUT2D eigenvalue weighted by Crippen LogP contribution is 2.28. The van der Waals surface area contributed by atoms with Crippen molar-refractivity contribution in [3.05, 3.63) is 30.3 Å². The smallest absolute Gasteiger partial charge is 0.171 e. The van der Waals surface area contributed by atoms with Crippen molar-refractivity contribution >= 4 is 23.0 Å². The first-order valence-electron chi connectivity index (χ1n) is 5.82. The molecule has 1 saturated carbocycles. The molecule has 0 bridgehead atoms. The molecule has 0 aliphatic heterocycles. The molecule has 1 aliphatic rings. The van der Waals surface area contributed by atoms with Crippen LogP contribution in [-0.2, 0) is 0 Å². The van der Waals surface area contributed by atoms with Gasteiger partial charge < -0.3 is 10.6 Å². The molecular weight excluding hydrogens is 216 g/mol. The first kappa shape index (κ1) is 11.4. The summed E-state index contributed by atoms with van der Waals surface area (Å²) in [6, 6.07) is 10.0. The molecule has 2 N–H and O–H groups in total. The van der Waals surface area contributed by atoms with E-state index >= 15 is 0 Å². The van der Waals surface area contributed by atoms with Gasteiger partial charge >= 0.3 is 0 Å². The van der Waals surface area contributed by atoms with Gasteiger partial charge in [0.2, 0.25) is 0 Å². The summed E-state index contributed by atoms with van der Waals surface area (Å²) in [5.74, 6) is 0. The van der Waals surface area contributed by atoms with Crippen LogP contribution in [0.2, 0.25) is 0 Å². The van der Waals surface area contributed by atoms with Gasteiger partial charge in [-0.3, -0.25) is 0 Å². The normalized spacial score (nSPS) is 18.1. The van der Waals surface area contributed by atoms with E-state index in [0.29, 0.717) is 0 Å². The topological polar surface area (TPSA) is 24.1 Å². The minimum Gasteiger partial charge on any atom is -0.357 e. The van der Waals surface area contributed by atoms with E-state index in [4.69, 9.17) is 12.2 Å². The van der Waals surface area contributed by atoms with Gasteiger partial charge in [-0.15, -0.1) is 0 Å². The summed E-state index contributed by atoms with van der Waals surface area (Å²) >= 11 is 5.32. The highest BCUT2D eigenvalue weighted by atomic mass is 32.1. The van der Waals surface area contributed by atoms with Crippen LogP contribution >= 0.6 is 12.2 Å². The second-order valence-electron chi connectivity index (χ2n) is 4.71. The molecule has 0 radical (unpaired) electrons. The third-order valence-corrected chi connectivity index (χ3v) is 3.36. The summed E-state index contributed by atoms with van der Waals surface area (Å²) < 4.78 is 0. The van der Waals surface area contributed by atoms with Crippen molar-refractivity contribution < 1.29 is 0 Å². The molecule has 0 aromatic heterocycles. The van der Waals surface area contributed by atoms with Gasteiger partial charge in [-0.05, 0) is 44.1 Å². The maximum Gasteiger partial charge on any atom is 0.171 e. The Morgan fingerprint density at radius 1 is 1.19 bits per heavy atom. The Kier molecular flexibility index (Phi) is 3.44. The van der Waals surface area contributed by atoms with Gasteiger partial charge in [0, 0.05) is 11.2 Å². The van der Waals surface area contributed by atoms with Gasteiger partial charge in [-0.2, -0.15) is 0 Å². The Bertz CT molecular complexity index is 355. The molecule has 1 fully saturated rings. The van der Waals surface area contributed by atoms with Crippen molar-refractivity contribution in [2.45, 2.75) is 38.1 Å². The largest absolute Gasteiger partial charge is 0.357 e. The number of nitrogens with one attached hydrogen (secondary N) is 2. The van der Waals surface area contributed by atoms with Crippen molar-refractivity contribution in [3.63, 3.8) is 0 Å². The molecule has 0 atom stereocenters. The van der Waals surface area contributed by atoms with E-state index in [1.807, 2.05) is 30.3 Å². The summed E-state index contributed by atoms with van der Waals surface area (Å²) in [5.41, 5.74) is 1.24. The van der Waals surface area contributed by atoms with Crippen LogP contribution in [-0.4, -0.2) is 10.7 Å². The van der Waals surface area contributed by atoms with Crippen LogP contribution in [0.25, 0.3) is 0 Å². The Balaban J connectivity index is 1.89. The molecule has 1 aromatic carbocycles. The summed E-state index contributed by atoms with van der Waals surface area (Å²) in [6.45, 7) is 2.25. The van der Waals surface area contributed by atoms with Crippen LogP contribution in [0.3, 0.4) is 0 Å². The zero-order chi connectivity index (χ0) is 11.4. The average molecular weight is 234 g/mol. The quantitative estimate of drug-likeness (QED) is 0.768. The molecule has 16 heavy (non-hydrogen) atoms. The van der Waals surface area contributed by atoms with Crippen molar-refractivity contribution in [1.82, 2.24) is 5.32 Å². The maximum atomic E-state index is 5.32. The zero-order valence-electron chi connectivity index (χ0n) is 9.62. The fourth-order valence-electron chi connectivity index (χ4n) is 2.24. The lowest BCUT2D eigenvalue weighted by atomic mass is 10.0. The number of rotatable bonds is 2. The van der Waals surface area contributed by atoms with Gasteiger partial charge in [0.05, 0.1) is 0 Å². The number of thiocarbonyl (C=S) groups is 1. The summed E-state index contributed by atoms with van der Waals surface area (Å²) in [5, 5.41) is 7.37. The lowest BCUT2D eigenvalue weighted by Gasteiger charge is -2.27. The maximum absolute atomic E-state index is 5.32. The molecule has 2 nitrogen and oxygen atoms in total. The number of para-hydroxylation sites is 1. The van der Waals surface area contributed by atoms with Gasteiger partial charge in [0.1, 0.15) is 0 Å². The van der Waals surface area contributed by atoms with Crippen LogP contribution in [0.5, 0.6) is 0 Å². The Labute approximate surface area is 102 Å². The fourth-order valence-corrected chi connectivity index (χ4v) is 2.60. The van der Waals surface area contributed by atoms with Crippen LogP contribution < -0.4 is 10.6 Å². The Hall–Kier alpha value is -1.09. The molecule has 0 saturated heterocycles. The molecule has 0 unspecified atom stereocenters. The number of benzene rings is 1. The highest BCUT2D eigenvalue weighted by molar-refractivity contribution is 7.80. The average Bonchev–Trinajstić information content (AvgIpc) is 2.66. The van der Waals surface area contributed by atoms with Crippen LogP contribution in [0.15, 0.2) is 30.3 Å². The Morgan fingerprint density at radius 3 is 2.44 bits per heavy atom. The van der Waals surface area contributed by atoms with E-state index < -0.39 is 0 Å². The van der Waals surface area contributed by atoms with Crippen LogP contribution in [0, 0.1) is 0 Å². The summed E-state index contributed by atoms with van der Waals surface area (Å²) in [6.07, 6.45) is 5.03. The predicted molar refractivity (Wildman–Crippen MR) is 72.7 cm³/mol. The van der Waals surface area contributed by atoms with Gasteiger partial charge in [-0.1, -0.05) is 31.0 Å². The van der Waals surface area contributed by atoms with Gasteiger partial charge in [0.15, 0.2) is 5.11 Å². The molecule has 2 rings (SSSR count). The van der Waals surface area contributed by atoms with Crippen molar-refractivity contribution in [2.75, 3.05) is 5.32 Å². The fraction of sp³-hybridized carbons (Fsp3) is 0.462. The monoisotopic (exact) mass is 234 g/mol. The van der Waals surface area contributed by atoms with Gasteiger partial charge in [0.25, 0.3) is 0 Å². The SMILES string of the molecule is CC1(NC(=S)Nc2ccccc2)CCCC1. The number of anilines is 1. The van der Waals surface area contributed by atoms with Crippen LogP contribution in [0.1, 0.15) is 32.6 Å². The number of hydrogen-bond acceptors (Lipinski definition) is 1. The second kappa shape index (κ2) is 4.83. The first-order valence-corrected chi connectivity index (χ1v) is 6.23. The minimum atomic E-state index is 0.193. The zero-order valence-corrected chi connectivity index (χ0v) is 10.4. The molecule has 3 heteroatoms. The molecule has 0 amide bonds. The standard InChI is InChI=1S/C13H18N2S/c1-13(9-5-6-10-13)15-12(16)14-11-7-3-2-4-8-11/h2-4,7-8H,5-6,9-10H2,1H3,(H2,14,15,16). The third kappa shape index (κ3) is 2.95. The summed E-state index contributed by atoms with van der Waals surface area (Å²) in [4.78, 5) is 0. The van der Waals surface area contributed by atoms with Crippen molar-refractivity contribution in [3.8, 4) is 0 Å². The molecule has 0 heterocycles. The molecule has 1 aromatic rings. The third-order valence-electron chi connectivity index (χ3n) is 3.15. The van der Waals surface area contributed by atoms with Gasteiger partial charge in [-0.25, -0.2) is 0 Å². The van der Waals surface area contributed by atoms with E-state index in [1.165, 1.54) is 25.7 Å². The number of hydrogen-bond donors (Lipinski definition) is 2. The predicted octanol–water partition coefficient (Wildman–Crippen LogP) is 3.31. The van der Waals surface area contributed by atoms with E-state index in [2.05, 4.69) is 17.6 Å². The van der Waals surface area contributed by atoms with E-state index in [0.717, 1.165) is 10.8 Å². The Morgan fingerprint density at radius 2 is 1.81 bits per heavy atom. The minimum absolute atomic E-state index is 0.193. The van der Waals surface area contributed by atoms with Crippen molar-refractivity contribution in [1.29, 1.82) is 0 Å². The molecular formula is C13H18N2S. The highest BCUT2D eigenvalue weighted by Gasteiger charge is 2.28.